The molecule has 20 heavy (non-hydrogen) atoms. The third-order valence-electron chi connectivity index (χ3n) is 2.09. The Bertz CT molecular complexity index is 495. The van der Waals surface area contributed by atoms with E-state index in [1.165, 1.54) is 18.2 Å². The summed E-state index contributed by atoms with van der Waals surface area (Å²) in [5.41, 5.74) is 0.197. The standard InChI is InChI=1S/C13H13F3O4/c1-2-19-10-5-3-4-9(6-7-11(17)18)12(10)20-8-13(14,15)16/h3-7H,2,8H2,1H3,(H,17,18)/b7-6+. The fourth-order valence-corrected chi connectivity index (χ4v) is 1.40. The number of hydrogen-bond donors (Lipinski definition) is 1. The van der Waals surface area contributed by atoms with Gasteiger partial charge in [0, 0.05) is 11.6 Å². The van der Waals surface area contributed by atoms with Gasteiger partial charge in [0.15, 0.2) is 18.1 Å². The van der Waals surface area contributed by atoms with E-state index in [-0.39, 0.29) is 23.7 Å². The smallest absolute Gasteiger partial charge is 0.422 e. The summed E-state index contributed by atoms with van der Waals surface area (Å²) in [6.07, 6.45) is -2.53. The summed E-state index contributed by atoms with van der Waals surface area (Å²) in [5, 5.41) is 8.56. The van der Waals surface area contributed by atoms with Crippen LogP contribution in [0.3, 0.4) is 0 Å². The van der Waals surface area contributed by atoms with Gasteiger partial charge in [-0.05, 0) is 19.1 Å². The molecule has 4 nitrogen and oxygen atoms in total. The van der Waals surface area contributed by atoms with Crippen molar-refractivity contribution in [3.63, 3.8) is 0 Å². The molecule has 1 aromatic carbocycles. The van der Waals surface area contributed by atoms with Gasteiger partial charge in [-0.1, -0.05) is 12.1 Å². The first-order valence-electron chi connectivity index (χ1n) is 5.70. The van der Waals surface area contributed by atoms with Crippen LogP contribution in [-0.4, -0.2) is 30.5 Å². The van der Waals surface area contributed by atoms with E-state index in [0.29, 0.717) is 0 Å². The van der Waals surface area contributed by atoms with Gasteiger partial charge < -0.3 is 14.6 Å². The maximum atomic E-state index is 12.2. The number of alkyl halides is 3. The Balaban J connectivity index is 3.08. The molecule has 1 rings (SSSR count). The molecule has 1 aromatic rings. The van der Waals surface area contributed by atoms with E-state index in [1.807, 2.05) is 0 Å². The molecule has 0 spiro atoms. The summed E-state index contributed by atoms with van der Waals surface area (Å²) < 4.78 is 46.6. The summed E-state index contributed by atoms with van der Waals surface area (Å²) >= 11 is 0. The lowest BCUT2D eigenvalue weighted by Gasteiger charge is -2.15. The molecule has 0 aliphatic carbocycles. The fourth-order valence-electron chi connectivity index (χ4n) is 1.40. The molecule has 0 fully saturated rings. The number of para-hydroxylation sites is 1. The van der Waals surface area contributed by atoms with Crippen molar-refractivity contribution in [1.82, 2.24) is 0 Å². The molecule has 0 unspecified atom stereocenters. The van der Waals surface area contributed by atoms with Crippen molar-refractivity contribution in [3.8, 4) is 11.5 Å². The van der Waals surface area contributed by atoms with Crippen molar-refractivity contribution in [2.45, 2.75) is 13.1 Å². The number of rotatable bonds is 6. The summed E-state index contributed by atoms with van der Waals surface area (Å²) in [6.45, 7) is 0.437. The number of aliphatic carboxylic acids is 1. The molecular formula is C13H13F3O4. The fraction of sp³-hybridized carbons (Fsp3) is 0.308. The highest BCUT2D eigenvalue weighted by Crippen LogP contribution is 2.33. The molecule has 7 heteroatoms. The Hall–Kier alpha value is -2.18. The van der Waals surface area contributed by atoms with Crippen LogP contribution in [0.15, 0.2) is 24.3 Å². The summed E-state index contributed by atoms with van der Waals surface area (Å²) in [6, 6.07) is 4.42. The minimum atomic E-state index is -4.49. The van der Waals surface area contributed by atoms with Crippen LogP contribution < -0.4 is 9.47 Å². The van der Waals surface area contributed by atoms with E-state index < -0.39 is 18.8 Å². The highest BCUT2D eigenvalue weighted by Gasteiger charge is 2.29. The van der Waals surface area contributed by atoms with E-state index in [1.54, 1.807) is 6.92 Å². The summed E-state index contributed by atoms with van der Waals surface area (Å²) in [7, 11) is 0. The van der Waals surface area contributed by atoms with Crippen LogP contribution in [0, 0.1) is 0 Å². The SMILES string of the molecule is CCOc1cccc(/C=C/C(=O)O)c1OCC(F)(F)F. The Morgan fingerprint density at radius 1 is 1.35 bits per heavy atom. The van der Waals surface area contributed by atoms with Crippen LogP contribution >= 0.6 is 0 Å². The van der Waals surface area contributed by atoms with Crippen LogP contribution in [-0.2, 0) is 4.79 Å². The van der Waals surface area contributed by atoms with Crippen LogP contribution in [0.2, 0.25) is 0 Å². The zero-order valence-corrected chi connectivity index (χ0v) is 10.6. The van der Waals surface area contributed by atoms with Crippen molar-refractivity contribution in [2.24, 2.45) is 0 Å². The van der Waals surface area contributed by atoms with Crippen LogP contribution in [0.5, 0.6) is 11.5 Å². The first kappa shape index (κ1) is 15.9. The molecular weight excluding hydrogens is 277 g/mol. The molecule has 1 N–H and O–H groups in total. The molecule has 0 radical (unpaired) electrons. The Morgan fingerprint density at radius 2 is 2.05 bits per heavy atom. The predicted octanol–water partition coefficient (Wildman–Crippen LogP) is 3.12. The second-order valence-corrected chi connectivity index (χ2v) is 3.68. The largest absolute Gasteiger partial charge is 0.490 e. The number of carboxylic acids is 1. The Kier molecular flexibility index (Phi) is 5.42. The minimum Gasteiger partial charge on any atom is -0.490 e. The lowest BCUT2D eigenvalue weighted by molar-refractivity contribution is -0.153. The predicted molar refractivity (Wildman–Crippen MR) is 65.8 cm³/mol. The number of carboxylic acid groups (broad SMARTS) is 1. The van der Waals surface area contributed by atoms with Crippen LogP contribution in [0.25, 0.3) is 6.08 Å². The van der Waals surface area contributed by atoms with Crippen LogP contribution in [0.4, 0.5) is 13.2 Å². The van der Waals surface area contributed by atoms with E-state index >= 15 is 0 Å². The van der Waals surface area contributed by atoms with Crippen molar-refractivity contribution in [2.75, 3.05) is 13.2 Å². The van der Waals surface area contributed by atoms with Gasteiger partial charge in [0.25, 0.3) is 0 Å². The molecule has 0 saturated heterocycles. The van der Waals surface area contributed by atoms with Gasteiger partial charge in [-0.3, -0.25) is 0 Å². The number of benzene rings is 1. The maximum absolute atomic E-state index is 12.2. The quantitative estimate of drug-likeness (QED) is 0.818. The second-order valence-electron chi connectivity index (χ2n) is 3.68. The number of hydrogen-bond acceptors (Lipinski definition) is 3. The molecule has 0 amide bonds. The third kappa shape index (κ3) is 5.21. The molecule has 0 heterocycles. The lowest BCUT2D eigenvalue weighted by atomic mass is 10.1. The monoisotopic (exact) mass is 290 g/mol. The van der Waals surface area contributed by atoms with E-state index in [2.05, 4.69) is 0 Å². The zero-order chi connectivity index (χ0) is 15.2. The molecule has 0 saturated carbocycles. The highest BCUT2D eigenvalue weighted by molar-refractivity contribution is 5.86. The maximum Gasteiger partial charge on any atom is 0.422 e. The van der Waals surface area contributed by atoms with E-state index in [9.17, 15) is 18.0 Å². The normalized spacial score (nSPS) is 11.6. The number of ether oxygens (including phenoxy) is 2. The first-order valence-corrected chi connectivity index (χ1v) is 5.70. The zero-order valence-electron chi connectivity index (χ0n) is 10.6. The Labute approximate surface area is 113 Å². The Morgan fingerprint density at radius 3 is 2.60 bits per heavy atom. The van der Waals surface area contributed by atoms with Crippen molar-refractivity contribution in [1.29, 1.82) is 0 Å². The molecule has 110 valence electrons. The average Bonchev–Trinajstić information content (AvgIpc) is 2.34. The molecule has 0 bridgehead atoms. The van der Waals surface area contributed by atoms with Gasteiger partial charge in [0.2, 0.25) is 0 Å². The van der Waals surface area contributed by atoms with Gasteiger partial charge >= 0.3 is 12.1 Å². The number of halogens is 3. The molecule has 0 aromatic heterocycles. The summed E-state index contributed by atoms with van der Waals surface area (Å²) in [5.74, 6) is -1.22. The van der Waals surface area contributed by atoms with Gasteiger partial charge in [-0.25, -0.2) is 4.79 Å². The van der Waals surface area contributed by atoms with Gasteiger partial charge in [-0.15, -0.1) is 0 Å². The van der Waals surface area contributed by atoms with Crippen molar-refractivity contribution in [3.05, 3.63) is 29.8 Å². The molecule has 0 atom stereocenters. The summed E-state index contributed by atoms with van der Waals surface area (Å²) in [4.78, 5) is 10.5. The average molecular weight is 290 g/mol. The highest BCUT2D eigenvalue weighted by atomic mass is 19.4. The van der Waals surface area contributed by atoms with Crippen molar-refractivity contribution < 1.29 is 32.5 Å². The van der Waals surface area contributed by atoms with Crippen LogP contribution in [0.1, 0.15) is 12.5 Å². The van der Waals surface area contributed by atoms with Gasteiger partial charge in [0.05, 0.1) is 6.61 Å². The molecule has 0 aliphatic heterocycles. The van der Waals surface area contributed by atoms with Gasteiger partial charge in [0.1, 0.15) is 0 Å². The van der Waals surface area contributed by atoms with Gasteiger partial charge in [-0.2, -0.15) is 13.2 Å². The molecule has 0 aliphatic rings. The third-order valence-corrected chi connectivity index (χ3v) is 2.09. The first-order chi connectivity index (χ1) is 9.33. The van der Waals surface area contributed by atoms with Crippen molar-refractivity contribution >= 4 is 12.0 Å². The minimum absolute atomic E-state index is 0.129. The van der Waals surface area contributed by atoms with E-state index in [4.69, 9.17) is 14.6 Å². The topological polar surface area (TPSA) is 55.8 Å². The number of carbonyl (C=O) groups is 1. The van der Waals surface area contributed by atoms with E-state index in [0.717, 1.165) is 12.2 Å². The second kappa shape index (κ2) is 6.83. The lowest BCUT2D eigenvalue weighted by Crippen LogP contribution is -2.20.